The molecule has 0 radical (unpaired) electrons. The second-order valence-electron chi connectivity index (χ2n) is 6.33. The smallest absolute Gasteiger partial charge is 0.240 e. The molecule has 0 spiro atoms. The van der Waals surface area contributed by atoms with Crippen molar-refractivity contribution in [2.24, 2.45) is 0 Å². The highest BCUT2D eigenvalue weighted by atomic mass is 79.9. The molecule has 11 heteroatoms. The van der Waals surface area contributed by atoms with Crippen molar-refractivity contribution in [1.82, 2.24) is 14.7 Å². The van der Waals surface area contributed by atoms with Gasteiger partial charge < -0.3 is 20.8 Å². The summed E-state index contributed by atoms with van der Waals surface area (Å²) in [6.45, 7) is 3.27. The number of hydrogen-bond acceptors (Lipinski definition) is 8. The second kappa shape index (κ2) is 8.93. The van der Waals surface area contributed by atoms with Gasteiger partial charge in [0, 0.05) is 18.4 Å². The molecule has 0 aliphatic rings. The molecule has 0 bridgehead atoms. The molecule has 0 amide bonds. The van der Waals surface area contributed by atoms with Crippen LogP contribution in [0.25, 0.3) is 0 Å². The van der Waals surface area contributed by atoms with Gasteiger partial charge in [-0.15, -0.1) is 0 Å². The summed E-state index contributed by atoms with van der Waals surface area (Å²) >= 11 is 3.36. The molecular weight excluding hydrogens is 438 g/mol. The molecule has 1 aromatic heterocycles. The van der Waals surface area contributed by atoms with E-state index < -0.39 is 15.6 Å². The molecule has 9 nitrogen and oxygen atoms in total. The highest BCUT2D eigenvalue weighted by molar-refractivity contribution is 9.10. The normalized spacial score (nSPS) is 12.0. The Labute approximate surface area is 166 Å². The number of aromatic nitrogens is 2. The fourth-order valence-corrected chi connectivity index (χ4v) is 3.30. The lowest BCUT2D eigenvalue weighted by molar-refractivity contribution is 0.234. The molecule has 27 heavy (non-hydrogen) atoms. The van der Waals surface area contributed by atoms with Gasteiger partial charge in [0.15, 0.2) is 0 Å². The standard InChI is InChI=1S/C16H22BrN5O4S/c1-16(2,10-24)22-14-13(17)9-18-15(21-14)20-11-3-5-12(6-4-11)27(25,26)19-7-8-23/h3-6,9,19,23-24H,7-8,10H2,1-2H3,(H2,18,20,21,22). The minimum Gasteiger partial charge on any atom is -0.395 e. The van der Waals surface area contributed by atoms with Crippen molar-refractivity contribution >= 4 is 43.4 Å². The number of anilines is 3. The predicted octanol–water partition coefficient (Wildman–Crippen LogP) is 1.44. The number of nitrogens with one attached hydrogen (secondary N) is 3. The van der Waals surface area contributed by atoms with Crippen LogP contribution in [0.5, 0.6) is 0 Å². The van der Waals surface area contributed by atoms with Gasteiger partial charge in [-0.2, -0.15) is 4.98 Å². The van der Waals surface area contributed by atoms with Gasteiger partial charge in [-0.3, -0.25) is 0 Å². The molecule has 0 aliphatic heterocycles. The van der Waals surface area contributed by atoms with Crippen molar-refractivity contribution in [2.45, 2.75) is 24.3 Å². The summed E-state index contributed by atoms with van der Waals surface area (Å²) < 4.78 is 26.9. The number of benzene rings is 1. The van der Waals surface area contributed by atoms with Gasteiger partial charge in [0.1, 0.15) is 5.82 Å². The van der Waals surface area contributed by atoms with Crippen LogP contribution in [0.3, 0.4) is 0 Å². The highest BCUT2D eigenvalue weighted by Gasteiger charge is 2.19. The molecule has 2 aromatic rings. The first-order chi connectivity index (χ1) is 12.7. The van der Waals surface area contributed by atoms with E-state index in [1.54, 1.807) is 18.3 Å². The molecular formula is C16H22BrN5O4S. The SMILES string of the molecule is CC(C)(CO)Nc1nc(Nc2ccc(S(=O)(=O)NCCO)cc2)ncc1Br. The zero-order chi connectivity index (χ0) is 20.1. The average Bonchev–Trinajstić information content (AvgIpc) is 2.63. The number of nitrogens with zero attached hydrogens (tertiary/aromatic N) is 2. The van der Waals surface area contributed by atoms with Crippen LogP contribution in [0.15, 0.2) is 39.8 Å². The maximum absolute atomic E-state index is 12.0. The summed E-state index contributed by atoms with van der Waals surface area (Å²) in [7, 11) is -3.66. The first-order valence-corrected chi connectivity index (χ1v) is 10.3. The zero-order valence-electron chi connectivity index (χ0n) is 14.9. The monoisotopic (exact) mass is 459 g/mol. The number of sulfonamides is 1. The van der Waals surface area contributed by atoms with Crippen LogP contribution in [-0.4, -0.2) is 53.9 Å². The lowest BCUT2D eigenvalue weighted by atomic mass is 10.1. The number of hydrogen-bond donors (Lipinski definition) is 5. The predicted molar refractivity (Wildman–Crippen MR) is 107 cm³/mol. The molecule has 0 saturated carbocycles. The Morgan fingerprint density at radius 3 is 2.44 bits per heavy atom. The van der Waals surface area contributed by atoms with Gasteiger partial charge in [-0.05, 0) is 54.0 Å². The van der Waals surface area contributed by atoms with E-state index in [9.17, 15) is 13.5 Å². The minimum atomic E-state index is -3.66. The van der Waals surface area contributed by atoms with E-state index in [4.69, 9.17) is 5.11 Å². The Morgan fingerprint density at radius 2 is 1.85 bits per heavy atom. The van der Waals surface area contributed by atoms with Crippen molar-refractivity contribution in [3.63, 3.8) is 0 Å². The Morgan fingerprint density at radius 1 is 1.19 bits per heavy atom. The van der Waals surface area contributed by atoms with Crippen LogP contribution in [0, 0.1) is 0 Å². The van der Waals surface area contributed by atoms with Gasteiger partial charge in [0.2, 0.25) is 16.0 Å². The molecule has 0 saturated heterocycles. The molecule has 0 aliphatic carbocycles. The third kappa shape index (κ3) is 6.11. The van der Waals surface area contributed by atoms with Gasteiger partial charge in [0.25, 0.3) is 0 Å². The molecule has 1 aromatic carbocycles. The highest BCUT2D eigenvalue weighted by Crippen LogP contribution is 2.25. The van der Waals surface area contributed by atoms with Gasteiger partial charge in [0.05, 0.1) is 28.1 Å². The third-order valence-electron chi connectivity index (χ3n) is 3.42. The van der Waals surface area contributed by atoms with Crippen LogP contribution < -0.4 is 15.4 Å². The van der Waals surface area contributed by atoms with E-state index in [0.717, 1.165) is 0 Å². The van der Waals surface area contributed by atoms with E-state index >= 15 is 0 Å². The largest absolute Gasteiger partial charge is 0.395 e. The Bertz CT molecular complexity index is 875. The van der Waals surface area contributed by atoms with Gasteiger partial charge >= 0.3 is 0 Å². The van der Waals surface area contributed by atoms with Crippen LogP contribution in [0.4, 0.5) is 17.5 Å². The Hall–Kier alpha value is -1.79. The number of halogens is 1. The minimum absolute atomic E-state index is 0.0466. The Balaban J connectivity index is 2.16. The Kier molecular flexibility index (Phi) is 7.12. The summed E-state index contributed by atoms with van der Waals surface area (Å²) in [5, 5.41) is 24.2. The molecule has 0 fully saturated rings. The van der Waals surface area contributed by atoms with E-state index in [1.807, 2.05) is 13.8 Å². The van der Waals surface area contributed by atoms with Crippen molar-refractivity contribution < 1.29 is 18.6 Å². The second-order valence-corrected chi connectivity index (χ2v) is 8.95. The first kappa shape index (κ1) is 21.5. The quantitative estimate of drug-likeness (QED) is 0.379. The third-order valence-corrected chi connectivity index (χ3v) is 5.48. The summed E-state index contributed by atoms with van der Waals surface area (Å²) in [6, 6.07) is 6.05. The van der Waals surface area contributed by atoms with Gasteiger partial charge in [-0.1, -0.05) is 0 Å². The lowest BCUT2D eigenvalue weighted by Crippen LogP contribution is -2.35. The summed E-state index contributed by atoms with van der Waals surface area (Å²) in [5.41, 5.74) is 0.0388. The maximum Gasteiger partial charge on any atom is 0.240 e. The lowest BCUT2D eigenvalue weighted by Gasteiger charge is -2.24. The number of rotatable bonds is 9. The molecule has 148 valence electrons. The topological polar surface area (TPSA) is 136 Å². The molecule has 5 N–H and O–H groups in total. The molecule has 2 rings (SSSR count). The van der Waals surface area contributed by atoms with Crippen LogP contribution >= 0.6 is 15.9 Å². The first-order valence-electron chi connectivity index (χ1n) is 8.06. The summed E-state index contributed by atoms with van der Waals surface area (Å²) in [4.78, 5) is 8.62. The van der Waals surface area contributed by atoms with E-state index in [1.165, 1.54) is 12.1 Å². The van der Waals surface area contributed by atoms with Crippen molar-refractivity contribution in [1.29, 1.82) is 0 Å². The van der Waals surface area contributed by atoms with Crippen LogP contribution in [0.1, 0.15) is 13.8 Å². The van der Waals surface area contributed by atoms with Crippen molar-refractivity contribution in [2.75, 3.05) is 30.4 Å². The summed E-state index contributed by atoms with van der Waals surface area (Å²) in [6.07, 6.45) is 1.57. The number of aliphatic hydroxyl groups excluding tert-OH is 2. The van der Waals surface area contributed by atoms with E-state index in [2.05, 4.69) is 41.3 Å². The van der Waals surface area contributed by atoms with E-state index in [0.29, 0.717) is 21.9 Å². The summed E-state index contributed by atoms with van der Waals surface area (Å²) in [5.74, 6) is 0.822. The zero-order valence-corrected chi connectivity index (χ0v) is 17.3. The fraction of sp³-hybridized carbons (Fsp3) is 0.375. The maximum atomic E-state index is 12.0. The molecule has 0 atom stereocenters. The molecule has 0 unspecified atom stereocenters. The number of aliphatic hydroxyl groups is 2. The van der Waals surface area contributed by atoms with E-state index in [-0.39, 0.29) is 24.7 Å². The average molecular weight is 460 g/mol. The fourth-order valence-electron chi connectivity index (χ4n) is 1.98. The van der Waals surface area contributed by atoms with Crippen LogP contribution in [-0.2, 0) is 10.0 Å². The van der Waals surface area contributed by atoms with Crippen molar-refractivity contribution in [3.05, 3.63) is 34.9 Å². The van der Waals surface area contributed by atoms with Gasteiger partial charge in [-0.25, -0.2) is 18.1 Å². The van der Waals surface area contributed by atoms with Crippen LogP contribution in [0.2, 0.25) is 0 Å². The van der Waals surface area contributed by atoms with Crippen molar-refractivity contribution in [3.8, 4) is 0 Å². The molecule has 1 heterocycles.